The van der Waals surface area contributed by atoms with Gasteiger partial charge >= 0.3 is 0 Å². The largest absolute Gasteiger partial charge is 0.483 e. The van der Waals surface area contributed by atoms with Gasteiger partial charge in [-0.1, -0.05) is 6.07 Å². The topological polar surface area (TPSA) is 87.4 Å². The van der Waals surface area contributed by atoms with E-state index in [0.29, 0.717) is 11.4 Å². The molecule has 2 aliphatic rings. The Kier molecular flexibility index (Phi) is 8.19. The van der Waals surface area contributed by atoms with Gasteiger partial charge in [-0.25, -0.2) is 19.3 Å². The van der Waals surface area contributed by atoms with Crippen LogP contribution in [0.4, 0.5) is 10.2 Å². The Morgan fingerprint density at radius 2 is 1.68 bits per heavy atom. The van der Waals surface area contributed by atoms with E-state index in [1.807, 2.05) is 24.4 Å². The zero-order valence-electron chi connectivity index (χ0n) is 19.3. The molecule has 2 fully saturated rings. The number of anilines is 1. The van der Waals surface area contributed by atoms with E-state index in [0.717, 1.165) is 56.3 Å². The maximum Gasteiger partial charge on any atom is 0.290 e. The fraction of sp³-hybridized carbons (Fsp3) is 0.440. The van der Waals surface area contributed by atoms with E-state index in [2.05, 4.69) is 29.3 Å². The lowest BCUT2D eigenvalue weighted by molar-refractivity contribution is -0.122. The summed E-state index contributed by atoms with van der Waals surface area (Å²) in [6.07, 6.45) is 11.5. The Balaban J connectivity index is 0.000000868. The number of aromatic nitrogens is 4. The number of rotatable bonds is 6. The highest BCUT2D eigenvalue weighted by Crippen LogP contribution is 2.28. The summed E-state index contributed by atoms with van der Waals surface area (Å²) in [6, 6.07) is 7.29. The van der Waals surface area contributed by atoms with Gasteiger partial charge in [0.2, 0.25) is 0 Å². The molecule has 34 heavy (non-hydrogen) atoms. The third kappa shape index (κ3) is 5.77. The van der Waals surface area contributed by atoms with Crippen molar-refractivity contribution in [1.82, 2.24) is 24.4 Å². The lowest BCUT2D eigenvalue weighted by Crippen LogP contribution is -2.30. The minimum Gasteiger partial charge on any atom is -0.483 e. The normalized spacial score (nSPS) is 16.2. The summed E-state index contributed by atoms with van der Waals surface area (Å²) in [4.78, 5) is 26.4. The third-order valence-corrected chi connectivity index (χ3v) is 6.41. The number of hydrogen-bond acceptors (Lipinski definition) is 6. The van der Waals surface area contributed by atoms with E-state index in [-0.39, 0.29) is 12.3 Å². The molecular weight excluding hydrogens is 435 g/mol. The zero-order valence-corrected chi connectivity index (χ0v) is 19.3. The summed E-state index contributed by atoms with van der Waals surface area (Å²) in [5.41, 5.74) is 2.04. The van der Waals surface area contributed by atoms with Crippen LogP contribution in [0.2, 0.25) is 0 Å². The molecule has 0 bridgehead atoms. The molecule has 0 saturated carbocycles. The quantitative estimate of drug-likeness (QED) is 0.551. The Bertz CT molecular complexity index is 1080. The number of imidazole rings is 1. The van der Waals surface area contributed by atoms with Gasteiger partial charge in [-0.3, -0.25) is 4.79 Å². The van der Waals surface area contributed by atoms with Crippen LogP contribution in [0, 0.1) is 5.82 Å². The first-order valence-electron chi connectivity index (χ1n) is 11.9. The van der Waals surface area contributed by atoms with Crippen molar-refractivity contribution in [1.29, 1.82) is 0 Å². The van der Waals surface area contributed by atoms with Crippen LogP contribution in [0.1, 0.15) is 32.1 Å². The molecule has 2 saturated heterocycles. The Labute approximate surface area is 199 Å². The first-order chi connectivity index (χ1) is 16.7. The predicted octanol–water partition coefficient (Wildman–Crippen LogP) is 3.93. The number of piperidine rings is 1. The van der Waals surface area contributed by atoms with Gasteiger partial charge in [0.25, 0.3) is 6.47 Å². The van der Waals surface area contributed by atoms with E-state index in [9.17, 15) is 0 Å². The summed E-state index contributed by atoms with van der Waals surface area (Å²) in [7, 11) is 0. The van der Waals surface area contributed by atoms with Crippen molar-refractivity contribution in [3.05, 3.63) is 48.8 Å². The van der Waals surface area contributed by atoms with E-state index in [4.69, 9.17) is 9.90 Å². The summed E-state index contributed by atoms with van der Waals surface area (Å²) >= 11 is 0. The fourth-order valence-electron chi connectivity index (χ4n) is 4.65. The van der Waals surface area contributed by atoms with Gasteiger partial charge in [-0.15, -0.1) is 0 Å². The van der Waals surface area contributed by atoms with Crippen LogP contribution in [-0.4, -0.2) is 68.7 Å². The molecule has 8 nitrogen and oxygen atoms in total. The number of carboxylic acid groups (broad SMARTS) is 1. The molecule has 0 aliphatic carbocycles. The van der Waals surface area contributed by atoms with Gasteiger partial charge in [-0.05, 0) is 57.3 Å². The Hall–Kier alpha value is -3.33. The molecule has 2 aromatic heterocycles. The maximum atomic E-state index is 15.2. The van der Waals surface area contributed by atoms with Gasteiger partial charge in [-0.2, -0.15) is 0 Å². The lowest BCUT2D eigenvalue weighted by Gasteiger charge is -2.27. The van der Waals surface area contributed by atoms with Crippen molar-refractivity contribution in [2.75, 3.05) is 37.6 Å². The molecule has 1 aromatic carbocycles. The van der Waals surface area contributed by atoms with Crippen molar-refractivity contribution >= 4 is 12.3 Å². The average molecular weight is 467 g/mol. The SMILES string of the molecule is Fc1cc(-c2cc(N3CCCCC3)ncn2)ccc1-c1nccn1CCN1CCCC1.O=CO. The minimum absolute atomic E-state index is 0.250. The van der Waals surface area contributed by atoms with Gasteiger partial charge < -0.3 is 19.5 Å². The van der Waals surface area contributed by atoms with Crippen LogP contribution < -0.4 is 4.90 Å². The predicted molar refractivity (Wildman–Crippen MR) is 129 cm³/mol. The summed E-state index contributed by atoms with van der Waals surface area (Å²) in [5, 5.41) is 6.89. The Morgan fingerprint density at radius 1 is 0.941 bits per heavy atom. The zero-order chi connectivity index (χ0) is 23.8. The number of likely N-dealkylation sites (tertiary alicyclic amines) is 1. The molecule has 0 atom stereocenters. The van der Waals surface area contributed by atoms with Crippen molar-refractivity contribution in [3.8, 4) is 22.6 Å². The van der Waals surface area contributed by atoms with Crippen LogP contribution in [0.3, 0.4) is 0 Å². The first kappa shape index (κ1) is 23.8. The van der Waals surface area contributed by atoms with Crippen molar-refractivity contribution in [2.24, 2.45) is 0 Å². The minimum atomic E-state index is -0.274. The molecular formula is C25H31FN6O2. The van der Waals surface area contributed by atoms with E-state index < -0.39 is 0 Å². The molecule has 0 radical (unpaired) electrons. The molecule has 0 spiro atoms. The summed E-state index contributed by atoms with van der Waals surface area (Å²) < 4.78 is 17.2. The van der Waals surface area contributed by atoms with E-state index in [1.165, 1.54) is 32.1 Å². The second-order valence-corrected chi connectivity index (χ2v) is 8.60. The van der Waals surface area contributed by atoms with Crippen molar-refractivity contribution in [3.63, 3.8) is 0 Å². The average Bonchev–Trinajstić information content (AvgIpc) is 3.56. The maximum absolute atomic E-state index is 15.2. The van der Waals surface area contributed by atoms with Gasteiger partial charge in [0.05, 0.1) is 11.3 Å². The summed E-state index contributed by atoms with van der Waals surface area (Å²) in [5.74, 6) is 1.33. The molecule has 0 amide bonds. The lowest BCUT2D eigenvalue weighted by atomic mass is 10.1. The molecule has 2 aliphatic heterocycles. The molecule has 1 N–H and O–H groups in total. The number of nitrogens with zero attached hydrogens (tertiary/aromatic N) is 6. The number of hydrogen-bond donors (Lipinski definition) is 1. The van der Waals surface area contributed by atoms with Gasteiger partial charge in [0, 0.05) is 50.2 Å². The number of benzene rings is 1. The highest BCUT2D eigenvalue weighted by atomic mass is 19.1. The molecule has 0 unspecified atom stereocenters. The molecule has 9 heteroatoms. The van der Waals surface area contributed by atoms with E-state index in [1.54, 1.807) is 18.6 Å². The first-order valence-corrected chi connectivity index (χ1v) is 11.9. The number of carbonyl (C=O) groups is 1. The van der Waals surface area contributed by atoms with Gasteiger partial charge in [0.1, 0.15) is 23.8 Å². The van der Waals surface area contributed by atoms with Crippen LogP contribution in [-0.2, 0) is 11.3 Å². The Morgan fingerprint density at radius 3 is 2.41 bits per heavy atom. The molecule has 180 valence electrons. The van der Waals surface area contributed by atoms with Crippen LogP contribution in [0.15, 0.2) is 43.0 Å². The standard InChI is InChI=1S/C24H29FN6.CH2O2/c25-21-16-19(22-17-23(28-18-27-22)30-11-2-1-3-12-30)6-7-20(21)24-26-8-13-31(24)15-14-29-9-4-5-10-29;2-1-3/h6-8,13,16-18H,1-5,9-12,14-15H2;1H,(H,2,3). The van der Waals surface area contributed by atoms with Crippen LogP contribution in [0.25, 0.3) is 22.6 Å². The van der Waals surface area contributed by atoms with Crippen LogP contribution in [0.5, 0.6) is 0 Å². The molecule has 3 aromatic rings. The van der Waals surface area contributed by atoms with Crippen LogP contribution >= 0.6 is 0 Å². The fourth-order valence-corrected chi connectivity index (χ4v) is 4.65. The second kappa shape index (κ2) is 11.7. The van der Waals surface area contributed by atoms with E-state index >= 15 is 4.39 Å². The monoisotopic (exact) mass is 466 g/mol. The van der Waals surface area contributed by atoms with Crippen molar-refractivity contribution < 1.29 is 14.3 Å². The summed E-state index contributed by atoms with van der Waals surface area (Å²) in [6.45, 7) is 5.90. The highest BCUT2D eigenvalue weighted by molar-refractivity contribution is 5.67. The highest BCUT2D eigenvalue weighted by Gasteiger charge is 2.17. The van der Waals surface area contributed by atoms with Gasteiger partial charge in [0.15, 0.2) is 0 Å². The number of halogens is 1. The molecule has 4 heterocycles. The third-order valence-electron chi connectivity index (χ3n) is 6.41. The smallest absolute Gasteiger partial charge is 0.290 e. The van der Waals surface area contributed by atoms with Crippen molar-refractivity contribution in [2.45, 2.75) is 38.6 Å². The second-order valence-electron chi connectivity index (χ2n) is 8.60. The molecule has 5 rings (SSSR count).